The summed E-state index contributed by atoms with van der Waals surface area (Å²) in [5.74, 6) is 0.104. The molecule has 118 valence electrons. The second kappa shape index (κ2) is 5.68. The molecule has 6 heteroatoms. The molecular weight excluding hydrogens is 282 g/mol. The SMILES string of the molecule is Cc1cc(C(=O)N2CCCC(C(C)O)C2)c2c(C)noc2n1. The van der Waals surface area contributed by atoms with Gasteiger partial charge in [0.2, 0.25) is 0 Å². The van der Waals surface area contributed by atoms with E-state index >= 15 is 0 Å². The molecule has 1 aliphatic heterocycles. The van der Waals surface area contributed by atoms with Gasteiger partial charge in [0.1, 0.15) is 0 Å². The first-order valence-electron chi connectivity index (χ1n) is 7.68. The van der Waals surface area contributed by atoms with Gasteiger partial charge in [0.15, 0.2) is 0 Å². The number of aliphatic hydroxyl groups excluding tert-OH is 1. The number of likely N-dealkylation sites (tertiary alicyclic amines) is 1. The van der Waals surface area contributed by atoms with Gasteiger partial charge >= 0.3 is 0 Å². The Bertz CT molecular complexity index is 708. The number of aromatic nitrogens is 2. The molecule has 6 nitrogen and oxygen atoms in total. The van der Waals surface area contributed by atoms with Gasteiger partial charge in [0.05, 0.1) is 22.7 Å². The number of carbonyl (C=O) groups excluding carboxylic acids is 1. The maximum Gasteiger partial charge on any atom is 0.258 e. The summed E-state index contributed by atoms with van der Waals surface area (Å²) in [6, 6.07) is 1.79. The van der Waals surface area contributed by atoms with E-state index in [1.807, 2.05) is 18.7 Å². The molecule has 1 aliphatic rings. The van der Waals surface area contributed by atoms with Crippen LogP contribution in [-0.2, 0) is 0 Å². The van der Waals surface area contributed by atoms with Crippen LogP contribution in [0.2, 0.25) is 0 Å². The third-order valence-electron chi connectivity index (χ3n) is 4.40. The van der Waals surface area contributed by atoms with Crippen LogP contribution in [0.3, 0.4) is 0 Å². The molecule has 2 atom stereocenters. The number of amides is 1. The molecule has 0 bridgehead atoms. The van der Waals surface area contributed by atoms with Crippen molar-refractivity contribution in [3.05, 3.63) is 23.0 Å². The van der Waals surface area contributed by atoms with E-state index in [0.29, 0.717) is 28.9 Å². The van der Waals surface area contributed by atoms with Crippen LogP contribution >= 0.6 is 0 Å². The molecule has 2 aromatic rings. The minimum absolute atomic E-state index is 0.0350. The van der Waals surface area contributed by atoms with Crippen molar-refractivity contribution in [3.63, 3.8) is 0 Å². The Morgan fingerprint density at radius 2 is 2.27 bits per heavy atom. The fourth-order valence-electron chi connectivity index (χ4n) is 3.14. The Balaban J connectivity index is 1.96. The molecule has 0 radical (unpaired) electrons. The number of aliphatic hydroxyl groups is 1. The smallest absolute Gasteiger partial charge is 0.258 e. The van der Waals surface area contributed by atoms with Gasteiger partial charge in [-0.2, -0.15) is 0 Å². The molecule has 0 aromatic carbocycles. The predicted molar refractivity (Wildman–Crippen MR) is 81.6 cm³/mol. The van der Waals surface area contributed by atoms with Gasteiger partial charge in [-0.05, 0) is 39.7 Å². The minimum Gasteiger partial charge on any atom is -0.393 e. The number of pyridine rings is 1. The molecule has 2 aromatic heterocycles. The van der Waals surface area contributed by atoms with Crippen molar-refractivity contribution in [1.82, 2.24) is 15.0 Å². The normalized spacial score (nSPS) is 20.4. The van der Waals surface area contributed by atoms with Gasteiger partial charge in [-0.1, -0.05) is 5.16 Å². The van der Waals surface area contributed by atoms with Gasteiger partial charge in [-0.15, -0.1) is 0 Å². The number of aryl methyl sites for hydroxylation is 2. The van der Waals surface area contributed by atoms with Crippen LogP contribution in [-0.4, -0.2) is 45.2 Å². The highest BCUT2D eigenvalue weighted by atomic mass is 16.5. The van der Waals surface area contributed by atoms with Crippen LogP contribution in [0, 0.1) is 19.8 Å². The zero-order valence-electron chi connectivity index (χ0n) is 13.2. The van der Waals surface area contributed by atoms with Crippen LogP contribution in [0.25, 0.3) is 11.1 Å². The number of nitrogens with zero attached hydrogens (tertiary/aromatic N) is 3. The standard InChI is InChI=1S/C16H21N3O3/c1-9-7-13(14-10(2)18-22-15(14)17-9)16(21)19-6-4-5-12(8-19)11(3)20/h7,11-12,20H,4-6,8H2,1-3H3. The first-order chi connectivity index (χ1) is 10.5. The van der Waals surface area contributed by atoms with E-state index in [0.717, 1.165) is 25.1 Å². The second-order valence-corrected chi connectivity index (χ2v) is 6.15. The molecule has 1 saturated heterocycles. The lowest BCUT2D eigenvalue weighted by Crippen LogP contribution is -2.43. The number of hydrogen-bond acceptors (Lipinski definition) is 5. The van der Waals surface area contributed by atoms with E-state index in [-0.39, 0.29) is 11.8 Å². The Labute approximate surface area is 129 Å². The molecule has 0 saturated carbocycles. The summed E-state index contributed by atoms with van der Waals surface area (Å²) in [5, 5.41) is 14.4. The Morgan fingerprint density at radius 1 is 1.50 bits per heavy atom. The van der Waals surface area contributed by atoms with Crippen molar-refractivity contribution in [2.75, 3.05) is 13.1 Å². The summed E-state index contributed by atoms with van der Waals surface area (Å²) in [5.41, 5.74) is 2.41. The van der Waals surface area contributed by atoms with E-state index in [9.17, 15) is 9.90 Å². The summed E-state index contributed by atoms with van der Waals surface area (Å²) in [6.07, 6.45) is 1.47. The maximum absolute atomic E-state index is 12.9. The topological polar surface area (TPSA) is 79.5 Å². The molecule has 0 aliphatic carbocycles. The van der Waals surface area contributed by atoms with Crippen molar-refractivity contribution < 1.29 is 14.4 Å². The number of fused-ring (bicyclic) bond motifs is 1. The van der Waals surface area contributed by atoms with E-state index in [4.69, 9.17) is 4.52 Å². The summed E-state index contributed by atoms with van der Waals surface area (Å²) in [4.78, 5) is 19.0. The first kappa shape index (κ1) is 15.0. The van der Waals surface area contributed by atoms with Crippen molar-refractivity contribution in [1.29, 1.82) is 0 Å². The average Bonchev–Trinajstić information content (AvgIpc) is 2.87. The number of hydrogen-bond donors (Lipinski definition) is 1. The first-order valence-corrected chi connectivity index (χ1v) is 7.68. The van der Waals surface area contributed by atoms with Crippen LogP contribution in [0.4, 0.5) is 0 Å². The largest absolute Gasteiger partial charge is 0.393 e. The number of carbonyl (C=O) groups is 1. The lowest BCUT2D eigenvalue weighted by Gasteiger charge is -2.34. The highest BCUT2D eigenvalue weighted by Gasteiger charge is 2.29. The molecule has 2 unspecified atom stereocenters. The minimum atomic E-state index is -0.396. The van der Waals surface area contributed by atoms with Gasteiger partial charge in [-0.25, -0.2) is 4.98 Å². The van der Waals surface area contributed by atoms with Gasteiger partial charge in [0.25, 0.3) is 11.6 Å². The Morgan fingerprint density at radius 3 is 3.00 bits per heavy atom. The lowest BCUT2D eigenvalue weighted by molar-refractivity contribution is 0.0467. The number of piperidine rings is 1. The van der Waals surface area contributed by atoms with Crippen molar-refractivity contribution in [2.45, 2.75) is 39.7 Å². The molecule has 3 heterocycles. The summed E-state index contributed by atoms with van der Waals surface area (Å²) >= 11 is 0. The molecule has 1 N–H and O–H groups in total. The van der Waals surface area contributed by atoms with Crippen LogP contribution < -0.4 is 0 Å². The predicted octanol–water partition coefficient (Wildman–Crippen LogP) is 2.07. The molecule has 1 amide bonds. The molecule has 3 rings (SSSR count). The Hall–Kier alpha value is -1.95. The van der Waals surface area contributed by atoms with E-state index in [2.05, 4.69) is 10.1 Å². The summed E-state index contributed by atoms with van der Waals surface area (Å²) in [7, 11) is 0. The van der Waals surface area contributed by atoms with E-state index < -0.39 is 6.10 Å². The van der Waals surface area contributed by atoms with Gasteiger partial charge in [-0.3, -0.25) is 4.79 Å². The highest BCUT2D eigenvalue weighted by molar-refractivity contribution is 6.06. The third kappa shape index (κ3) is 2.59. The van der Waals surface area contributed by atoms with Crippen molar-refractivity contribution >= 4 is 17.0 Å². The van der Waals surface area contributed by atoms with Gasteiger partial charge < -0.3 is 14.5 Å². The quantitative estimate of drug-likeness (QED) is 0.918. The van der Waals surface area contributed by atoms with E-state index in [1.54, 1.807) is 13.0 Å². The van der Waals surface area contributed by atoms with Crippen LogP contribution in [0.5, 0.6) is 0 Å². The molecule has 1 fully saturated rings. The number of rotatable bonds is 2. The Kier molecular flexibility index (Phi) is 3.87. The third-order valence-corrected chi connectivity index (χ3v) is 4.40. The molecular formula is C16H21N3O3. The van der Waals surface area contributed by atoms with E-state index in [1.165, 1.54) is 0 Å². The highest BCUT2D eigenvalue weighted by Crippen LogP contribution is 2.26. The van der Waals surface area contributed by atoms with Crippen molar-refractivity contribution in [2.24, 2.45) is 5.92 Å². The van der Waals surface area contributed by atoms with Gasteiger partial charge in [0, 0.05) is 24.7 Å². The molecule has 0 spiro atoms. The lowest BCUT2D eigenvalue weighted by atomic mass is 9.93. The second-order valence-electron chi connectivity index (χ2n) is 6.15. The summed E-state index contributed by atoms with van der Waals surface area (Å²) < 4.78 is 5.20. The fourth-order valence-corrected chi connectivity index (χ4v) is 3.14. The zero-order valence-corrected chi connectivity index (χ0v) is 13.2. The van der Waals surface area contributed by atoms with Crippen LogP contribution in [0.1, 0.15) is 41.5 Å². The zero-order chi connectivity index (χ0) is 15.9. The fraction of sp³-hybridized carbons (Fsp3) is 0.562. The average molecular weight is 303 g/mol. The van der Waals surface area contributed by atoms with Crippen molar-refractivity contribution in [3.8, 4) is 0 Å². The monoisotopic (exact) mass is 303 g/mol. The maximum atomic E-state index is 12.9. The summed E-state index contributed by atoms with van der Waals surface area (Å²) in [6.45, 7) is 6.74. The molecule has 22 heavy (non-hydrogen) atoms. The van der Waals surface area contributed by atoms with Crippen LogP contribution in [0.15, 0.2) is 10.6 Å².